The summed E-state index contributed by atoms with van der Waals surface area (Å²) >= 11 is 1.05. The molecule has 4 rings (SSSR count). The quantitative estimate of drug-likeness (QED) is 0.163. The number of likely N-dealkylation sites (tertiary alicyclic amines) is 1. The predicted molar refractivity (Wildman–Crippen MR) is 186 cm³/mol. The van der Waals surface area contributed by atoms with E-state index < -0.39 is 16.6 Å². The Labute approximate surface area is 269 Å². The van der Waals surface area contributed by atoms with Gasteiger partial charge < -0.3 is 18.5 Å². The zero-order valence-electron chi connectivity index (χ0n) is 27.4. The molecule has 1 aliphatic rings. The third kappa shape index (κ3) is 7.74. The molecule has 3 aromatic carbocycles. The van der Waals surface area contributed by atoms with E-state index >= 15 is 0 Å². The van der Waals surface area contributed by atoms with Crippen molar-refractivity contribution in [1.29, 1.82) is 0 Å². The molecule has 0 aromatic heterocycles. The fraction of sp³-hybridized carbons (Fsp3) is 0.429. The summed E-state index contributed by atoms with van der Waals surface area (Å²) in [6, 6.07) is 28.9. The van der Waals surface area contributed by atoms with Crippen molar-refractivity contribution in [3.63, 3.8) is 0 Å². The molecule has 0 N–H and O–H groups in total. The van der Waals surface area contributed by atoms with Gasteiger partial charge in [0.2, 0.25) is 11.0 Å². The van der Waals surface area contributed by atoms with E-state index in [9.17, 15) is 9.59 Å². The molecule has 0 spiro atoms. The molecule has 9 heteroatoms. The number of hydrogen-bond acceptors (Lipinski definition) is 6. The molecule has 1 saturated heterocycles. The summed E-state index contributed by atoms with van der Waals surface area (Å²) in [5, 5.41) is 1.93. The zero-order chi connectivity index (χ0) is 32.2. The molecule has 0 radical (unpaired) electrons. The van der Waals surface area contributed by atoms with Gasteiger partial charge in [0.05, 0.1) is 6.61 Å². The Hall–Kier alpha value is -2.70. The average molecular weight is 650 g/mol. The van der Waals surface area contributed by atoms with Crippen molar-refractivity contribution in [1.82, 2.24) is 4.90 Å². The fourth-order valence-electron chi connectivity index (χ4n) is 5.09. The van der Waals surface area contributed by atoms with Crippen molar-refractivity contribution in [3.05, 3.63) is 90.5 Å². The lowest BCUT2D eigenvalue weighted by Gasteiger charge is -2.43. The second kappa shape index (κ2) is 13.7. The Bertz CT molecular complexity index is 1360. The van der Waals surface area contributed by atoms with Gasteiger partial charge in [0.25, 0.3) is 8.32 Å². The number of carbonyl (C=O) groups excluding carboxylic acids is 2. The van der Waals surface area contributed by atoms with E-state index in [1.54, 1.807) is 4.90 Å². The highest BCUT2D eigenvalue weighted by Crippen LogP contribution is 2.38. The van der Waals surface area contributed by atoms with Crippen LogP contribution in [0.5, 0.6) is 5.75 Å². The first-order chi connectivity index (χ1) is 20.6. The lowest BCUT2D eigenvalue weighted by Crippen LogP contribution is -2.66. The SMILES string of the molecule is CC(C)(C)[Si](C)(C)OCN1C[C@H](SC(=O)COc2ccc(CO[Si](c3ccccc3)(c3ccccc3)C(C)(C)C)cc2)C1=O. The largest absolute Gasteiger partial charge is 0.485 e. The summed E-state index contributed by atoms with van der Waals surface area (Å²) in [6.45, 7) is 18.8. The molecule has 44 heavy (non-hydrogen) atoms. The first kappa shape index (κ1) is 34.2. The fourth-order valence-corrected chi connectivity index (χ4v) is 11.5. The maximum absolute atomic E-state index is 12.6. The number of β-lactam (4-membered cyclic amide) rings is 1. The molecule has 1 atom stereocenters. The van der Waals surface area contributed by atoms with E-state index in [-0.39, 0.29) is 33.0 Å². The van der Waals surface area contributed by atoms with Gasteiger partial charge >= 0.3 is 0 Å². The minimum Gasteiger partial charge on any atom is -0.485 e. The molecule has 1 amide bonds. The topological polar surface area (TPSA) is 65.1 Å². The number of benzene rings is 3. The molecule has 1 aliphatic heterocycles. The van der Waals surface area contributed by atoms with Crippen LogP contribution >= 0.6 is 11.8 Å². The summed E-state index contributed by atoms with van der Waals surface area (Å²) in [5.74, 6) is 0.560. The van der Waals surface area contributed by atoms with E-state index in [1.165, 1.54) is 10.4 Å². The Balaban J connectivity index is 1.31. The van der Waals surface area contributed by atoms with E-state index in [1.807, 2.05) is 36.4 Å². The lowest BCUT2D eigenvalue weighted by atomic mass is 10.2. The Kier molecular flexibility index (Phi) is 10.7. The van der Waals surface area contributed by atoms with Crippen molar-refractivity contribution in [3.8, 4) is 5.75 Å². The standard InChI is InChI=1S/C35H47NO5SSi2/c1-34(2,3)43(7,8)41-26-36-23-31(33(36)38)42-32(37)25-39-28-21-19-27(20-22-28)24-40-44(35(4,5)6,29-15-11-9-12-16-29)30-17-13-10-14-18-30/h9-22,31H,23-26H2,1-8H3/t31-/m0/s1. The molecule has 0 unspecified atom stereocenters. The molecule has 6 nitrogen and oxygen atoms in total. The maximum Gasteiger partial charge on any atom is 0.261 e. The van der Waals surface area contributed by atoms with Gasteiger partial charge in [-0.25, -0.2) is 0 Å². The molecular formula is C35H47NO5SSi2. The van der Waals surface area contributed by atoms with Crippen LogP contribution in [-0.4, -0.2) is 57.7 Å². The van der Waals surface area contributed by atoms with Gasteiger partial charge in [-0.1, -0.05) is 126 Å². The van der Waals surface area contributed by atoms with Gasteiger partial charge in [0, 0.05) is 6.54 Å². The molecule has 1 fully saturated rings. The highest BCUT2D eigenvalue weighted by molar-refractivity contribution is 8.14. The molecule has 3 aromatic rings. The minimum atomic E-state index is -2.64. The van der Waals surface area contributed by atoms with Crippen LogP contribution in [0.1, 0.15) is 47.1 Å². The highest BCUT2D eigenvalue weighted by atomic mass is 32.2. The highest BCUT2D eigenvalue weighted by Gasteiger charge is 2.50. The summed E-state index contributed by atoms with van der Waals surface area (Å²) in [6.07, 6.45) is 0. The zero-order valence-corrected chi connectivity index (χ0v) is 30.2. The number of carbonyl (C=O) groups is 2. The summed E-state index contributed by atoms with van der Waals surface area (Å²) in [7, 11) is -4.58. The van der Waals surface area contributed by atoms with Crippen LogP contribution < -0.4 is 15.1 Å². The monoisotopic (exact) mass is 649 g/mol. The second-order valence-electron chi connectivity index (χ2n) is 14.0. The van der Waals surface area contributed by atoms with Crippen LogP contribution in [0.4, 0.5) is 0 Å². The van der Waals surface area contributed by atoms with Gasteiger partial charge in [0.15, 0.2) is 14.9 Å². The van der Waals surface area contributed by atoms with Gasteiger partial charge in [-0.3, -0.25) is 9.59 Å². The van der Waals surface area contributed by atoms with Crippen LogP contribution in [0.3, 0.4) is 0 Å². The molecule has 1 heterocycles. The average Bonchev–Trinajstić information content (AvgIpc) is 2.98. The van der Waals surface area contributed by atoms with Crippen molar-refractivity contribution < 1.29 is 23.2 Å². The van der Waals surface area contributed by atoms with Gasteiger partial charge in [0.1, 0.15) is 17.7 Å². The third-order valence-electron chi connectivity index (χ3n) is 8.79. The Morgan fingerprint density at radius 2 is 1.36 bits per heavy atom. The van der Waals surface area contributed by atoms with Gasteiger partial charge in [-0.2, -0.15) is 0 Å². The Morgan fingerprint density at radius 3 is 1.84 bits per heavy atom. The van der Waals surface area contributed by atoms with Crippen molar-refractivity contribution in [2.24, 2.45) is 0 Å². The first-order valence-corrected chi connectivity index (χ1v) is 20.9. The smallest absolute Gasteiger partial charge is 0.261 e. The number of thioether (sulfide) groups is 1. The molecule has 0 saturated carbocycles. The van der Waals surface area contributed by atoms with Crippen LogP contribution in [-0.2, 0) is 25.0 Å². The van der Waals surface area contributed by atoms with Crippen LogP contribution in [0.25, 0.3) is 0 Å². The van der Waals surface area contributed by atoms with E-state index in [4.69, 9.17) is 13.6 Å². The summed E-state index contributed by atoms with van der Waals surface area (Å²) < 4.78 is 18.9. The normalized spacial score (nSPS) is 16.0. The second-order valence-corrected chi connectivity index (χ2v) is 24.3. The summed E-state index contributed by atoms with van der Waals surface area (Å²) in [4.78, 5) is 26.9. The van der Waals surface area contributed by atoms with Crippen LogP contribution in [0.15, 0.2) is 84.9 Å². The molecule has 0 aliphatic carbocycles. The van der Waals surface area contributed by atoms with Crippen LogP contribution in [0, 0.1) is 0 Å². The predicted octanol–water partition coefficient (Wildman–Crippen LogP) is 6.59. The molecule has 0 bridgehead atoms. The van der Waals surface area contributed by atoms with Gasteiger partial charge in [-0.15, -0.1) is 0 Å². The number of nitrogens with zero attached hydrogens (tertiary/aromatic N) is 1. The van der Waals surface area contributed by atoms with E-state index in [0.717, 1.165) is 17.3 Å². The number of amides is 1. The number of hydrogen-bond donors (Lipinski definition) is 0. The Morgan fingerprint density at radius 1 is 0.818 bits per heavy atom. The number of ether oxygens (including phenoxy) is 1. The number of rotatable bonds is 12. The van der Waals surface area contributed by atoms with Crippen LogP contribution in [0.2, 0.25) is 23.2 Å². The van der Waals surface area contributed by atoms with Crippen molar-refractivity contribution in [2.45, 2.75) is 76.6 Å². The summed E-state index contributed by atoms with van der Waals surface area (Å²) in [5.41, 5.74) is 1.03. The first-order valence-electron chi connectivity index (χ1n) is 15.2. The minimum absolute atomic E-state index is 0.0488. The van der Waals surface area contributed by atoms with Crippen molar-refractivity contribution >= 4 is 49.8 Å². The molecular weight excluding hydrogens is 603 g/mol. The third-order valence-corrected chi connectivity index (χ3v) is 19.2. The van der Waals surface area contributed by atoms with Crippen molar-refractivity contribution in [2.75, 3.05) is 19.9 Å². The van der Waals surface area contributed by atoms with E-state index in [2.05, 4.69) is 103 Å². The molecule has 236 valence electrons. The lowest BCUT2D eigenvalue weighted by molar-refractivity contribution is -0.143. The maximum atomic E-state index is 12.6. The van der Waals surface area contributed by atoms with E-state index in [0.29, 0.717) is 25.6 Å². The van der Waals surface area contributed by atoms with Gasteiger partial charge in [-0.05, 0) is 51.2 Å².